The molecule has 0 amide bonds. The summed E-state index contributed by atoms with van der Waals surface area (Å²) in [6.07, 6.45) is 43.6. The fraction of sp³-hybridized carbons (Fsp3) is 0.791. The molecule has 0 spiro atoms. The molecule has 0 fully saturated rings. The summed E-state index contributed by atoms with van der Waals surface area (Å²) >= 11 is 0. The standard InChI is InChI=1S/C38H71O2P.C5H5.Mn/c1-3-5-7-9-11-13-19-23-27-31-35-41(36-32-28-24-20-14-12-10-8-6-4-2)38(37-40)33-29-25-21-17-15-16-18-22-26-30-34-39;1-2-4-5-3-1;/h30H,3-29,31-33,35-36H2,1-2H3;1-5H;/q;-1;. The van der Waals surface area contributed by atoms with E-state index in [9.17, 15) is 9.59 Å². The molecule has 0 heterocycles. The smallest absolute Gasteiger partial charge is 0.128 e. The van der Waals surface area contributed by atoms with E-state index >= 15 is 0 Å². The quantitative estimate of drug-likeness (QED) is 0.0235. The van der Waals surface area contributed by atoms with Crippen LogP contribution in [0.1, 0.15) is 206 Å². The van der Waals surface area contributed by atoms with E-state index in [0.29, 0.717) is 0 Å². The van der Waals surface area contributed by atoms with Crippen LogP contribution in [0.2, 0.25) is 0 Å². The summed E-state index contributed by atoms with van der Waals surface area (Å²) < 4.78 is 0. The van der Waals surface area contributed by atoms with Gasteiger partial charge in [0.1, 0.15) is 11.9 Å². The van der Waals surface area contributed by atoms with Crippen molar-refractivity contribution in [1.29, 1.82) is 0 Å². The van der Waals surface area contributed by atoms with E-state index in [2.05, 4.69) is 19.8 Å². The van der Waals surface area contributed by atoms with Gasteiger partial charge in [0.05, 0.1) is 0 Å². The van der Waals surface area contributed by atoms with Crippen LogP contribution in [-0.2, 0) is 26.7 Å². The van der Waals surface area contributed by atoms with Gasteiger partial charge in [0.25, 0.3) is 0 Å². The summed E-state index contributed by atoms with van der Waals surface area (Å²) in [6, 6.07) is 10.0. The van der Waals surface area contributed by atoms with Gasteiger partial charge in [-0.3, -0.25) is 0 Å². The van der Waals surface area contributed by atoms with Crippen LogP contribution in [0.25, 0.3) is 0 Å². The predicted octanol–water partition coefficient (Wildman–Crippen LogP) is 14.7. The Balaban J connectivity index is 0. The molecular weight excluding hydrogens is 634 g/mol. The van der Waals surface area contributed by atoms with Gasteiger partial charge in [0, 0.05) is 22.4 Å². The molecule has 0 aliphatic carbocycles. The molecular formula is C43H76MnO2P-. The van der Waals surface area contributed by atoms with Gasteiger partial charge in [-0.25, -0.2) is 21.7 Å². The molecule has 2 nitrogen and oxygen atoms in total. The maximum atomic E-state index is 12.1. The number of carbonyl (C=O) groups excluding carboxylic acids is 2. The molecule has 0 N–H and O–H groups in total. The minimum absolute atomic E-state index is 0. The second-order valence-corrected chi connectivity index (χ2v) is 16.1. The molecule has 0 aliphatic heterocycles. The molecule has 0 bridgehead atoms. The van der Waals surface area contributed by atoms with Crippen molar-refractivity contribution >= 4 is 19.8 Å². The Kier molecular flexibility index (Phi) is 44.4. The Morgan fingerprint density at radius 1 is 0.532 bits per heavy atom. The number of allylic oxidation sites excluding steroid dienone is 2. The Labute approximate surface area is 305 Å². The minimum Gasteiger partial charge on any atom is -0.234 e. The van der Waals surface area contributed by atoms with Crippen LogP contribution < -0.4 is 0 Å². The third kappa shape index (κ3) is 37.9. The Hall–Kier alpha value is -0.801. The van der Waals surface area contributed by atoms with Crippen LogP contribution in [0.5, 0.6) is 0 Å². The Bertz CT molecular complexity index is 753. The maximum absolute atomic E-state index is 12.1. The van der Waals surface area contributed by atoms with Gasteiger partial charge in [-0.2, -0.15) is 18.2 Å². The van der Waals surface area contributed by atoms with Gasteiger partial charge >= 0.3 is 0 Å². The Morgan fingerprint density at radius 2 is 0.894 bits per heavy atom. The van der Waals surface area contributed by atoms with Crippen molar-refractivity contribution in [2.24, 2.45) is 0 Å². The van der Waals surface area contributed by atoms with Crippen LogP contribution in [0.4, 0.5) is 0 Å². The average Bonchev–Trinajstić information content (AvgIpc) is 3.67. The van der Waals surface area contributed by atoms with E-state index in [1.807, 2.05) is 36.3 Å². The van der Waals surface area contributed by atoms with Gasteiger partial charge < -0.3 is 0 Å². The molecule has 0 aromatic heterocycles. The van der Waals surface area contributed by atoms with E-state index in [0.717, 1.165) is 19.3 Å². The van der Waals surface area contributed by atoms with Crippen molar-refractivity contribution in [2.45, 2.75) is 206 Å². The topological polar surface area (TPSA) is 34.1 Å². The molecule has 0 saturated carbocycles. The summed E-state index contributed by atoms with van der Waals surface area (Å²) in [4.78, 5) is 22.3. The largest absolute Gasteiger partial charge is 0.234 e. The SMILES string of the molecule is CCCCCCCCCCCCP(CCCCCCCCCCCC)C(=C=O)CCCCCCCCCCC=C=O.[Mn].c1cc[cH-]c1. The molecule has 47 heavy (non-hydrogen) atoms. The average molecular weight is 711 g/mol. The number of hydrogen-bond donors (Lipinski definition) is 0. The Morgan fingerprint density at radius 3 is 1.23 bits per heavy atom. The first-order valence-electron chi connectivity index (χ1n) is 20.1. The summed E-state index contributed by atoms with van der Waals surface area (Å²) in [5.41, 5.74) is 0. The fourth-order valence-electron chi connectivity index (χ4n) is 6.21. The van der Waals surface area contributed by atoms with Gasteiger partial charge in [0.2, 0.25) is 0 Å². The molecule has 1 rings (SSSR count). The second-order valence-electron chi connectivity index (χ2n) is 13.6. The van der Waals surface area contributed by atoms with Crippen LogP contribution in [0.3, 0.4) is 0 Å². The first kappa shape index (κ1) is 48.3. The van der Waals surface area contributed by atoms with Gasteiger partial charge in [-0.15, -0.1) is 0 Å². The molecule has 4 heteroatoms. The van der Waals surface area contributed by atoms with Gasteiger partial charge in [-0.1, -0.05) is 176 Å². The summed E-state index contributed by atoms with van der Waals surface area (Å²) in [5.74, 6) is 4.34. The molecule has 1 radical (unpaired) electrons. The van der Waals surface area contributed by atoms with Crippen molar-refractivity contribution in [2.75, 3.05) is 12.3 Å². The van der Waals surface area contributed by atoms with E-state index in [4.69, 9.17) is 0 Å². The number of unbranched alkanes of at least 4 members (excludes halogenated alkanes) is 26. The van der Waals surface area contributed by atoms with Crippen LogP contribution >= 0.6 is 7.92 Å². The minimum atomic E-state index is -0.268. The zero-order valence-corrected chi connectivity index (χ0v) is 33.3. The number of hydrogen-bond acceptors (Lipinski definition) is 2. The summed E-state index contributed by atoms with van der Waals surface area (Å²) in [6.45, 7) is 4.58. The molecule has 0 unspecified atom stereocenters. The predicted molar refractivity (Wildman–Crippen MR) is 208 cm³/mol. The first-order valence-corrected chi connectivity index (χ1v) is 21.9. The van der Waals surface area contributed by atoms with Crippen molar-refractivity contribution in [3.8, 4) is 0 Å². The normalized spacial score (nSPS) is 10.5. The zero-order valence-electron chi connectivity index (χ0n) is 31.2. The third-order valence-corrected chi connectivity index (χ3v) is 12.0. The van der Waals surface area contributed by atoms with Gasteiger partial charge in [0.15, 0.2) is 0 Å². The fourth-order valence-corrected chi connectivity index (χ4v) is 8.79. The van der Waals surface area contributed by atoms with Crippen molar-refractivity contribution in [3.05, 3.63) is 41.7 Å². The molecule has 273 valence electrons. The van der Waals surface area contributed by atoms with Crippen LogP contribution in [0.15, 0.2) is 41.7 Å². The van der Waals surface area contributed by atoms with Crippen LogP contribution in [-0.4, -0.2) is 24.2 Å². The van der Waals surface area contributed by atoms with E-state index in [1.165, 1.54) is 191 Å². The molecule has 0 saturated heterocycles. The second kappa shape index (κ2) is 43.2. The molecule has 1 aromatic rings. The van der Waals surface area contributed by atoms with Crippen molar-refractivity contribution in [1.82, 2.24) is 0 Å². The van der Waals surface area contributed by atoms with Crippen molar-refractivity contribution in [3.63, 3.8) is 0 Å². The third-order valence-electron chi connectivity index (χ3n) is 9.21. The monoisotopic (exact) mass is 710 g/mol. The van der Waals surface area contributed by atoms with Crippen LogP contribution in [0, 0.1) is 0 Å². The first-order chi connectivity index (χ1) is 22.8. The van der Waals surface area contributed by atoms with Gasteiger partial charge in [-0.05, 0) is 56.9 Å². The van der Waals surface area contributed by atoms with Crippen molar-refractivity contribution < 1.29 is 26.7 Å². The van der Waals surface area contributed by atoms with E-state index < -0.39 is 0 Å². The summed E-state index contributed by atoms with van der Waals surface area (Å²) in [7, 11) is -0.268. The summed E-state index contributed by atoms with van der Waals surface area (Å²) in [5, 5.41) is 1.18. The molecule has 0 aliphatic rings. The number of rotatable bonds is 34. The van der Waals surface area contributed by atoms with E-state index in [1.54, 1.807) is 6.08 Å². The zero-order chi connectivity index (χ0) is 33.4. The van der Waals surface area contributed by atoms with E-state index in [-0.39, 0.29) is 25.0 Å². The maximum Gasteiger partial charge on any atom is 0.128 e. The molecule has 1 aromatic carbocycles. The molecule has 0 atom stereocenters.